The summed E-state index contributed by atoms with van der Waals surface area (Å²) in [5.41, 5.74) is 0. The minimum absolute atomic E-state index is 0.827. The van der Waals surface area contributed by atoms with E-state index in [0.29, 0.717) is 0 Å². The molecule has 0 N–H and O–H groups in total. The lowest BCUT2D eigenvalue weighted by molar-refractivity contribution is 0.454. The second-order valence-corrected chi connectivity index (χ2v) is 1.37. The van der Waals surface area contributed by atoms with Gasteiger partial charge < -0.3 is 0 Å². The van der Waals surface area contributed by atoms with Crippen molar-refractivity contribution in [3.8, 4) is 0 Å². The fraction of sp³-hybridized carbons (Fsp3) is 1.00. The smallest absolute Gasteiger partial charge is 0.170 e. The summed E-state index contributed by atoms with van der Waals surface area (Å²) in [5.74, 6) is 0. The predicted octanol–water partition coefficient (Wildman–Crippen LogP) is 1.06. The second kappa shape index (κ2) is 4.62. The van der Waals surface area contributed by atoms with Crippen LogP contribution in [0, 0.1) is 0 Å². The molecule has 0 aliphatic rings. The first kappa shape index (κ1) is 5.62. The van der Waals surface area contributed by atoms with Gasteiger partial charge in [-0.2, -0.15) is 0 Å². The molecule has 0 spiro atoms. The Kier molecular flexibility index (Phi) is 5.19. The second-order valence-electron chi connectivity index (χ2n) is 0.309. The summed E-state index contributed by atoms with van der Waals surface area (Å²) in [6, 6.07) is 0. The summed E-state index contributed by atoms with van der Waals surface area (Å²) in [5, 5.41) is 0. The zero-order chi connectivity index (χ0) is 4.12. The fourth-order valence-electron chi connectivity index (χ4n) is 0.0304. The van der Waals surface area contributed by atoms with Crippen LogP contribution < -0.4 is 0 Å². The Balaban J connectivity index is 2.19. The van der Waals surface area contributed by atoms with Crippen LogP contribution in [0.3, 0.4) is 0 Å². The van der Waals surface area contributed by atoms with Crippen molar-refractivity contribution >= 4 is 25.2 Å². The molecule has 4 heteroatoms. The molecule has 0 aliphatic carbocycles. The SMILES string of the molecule is COSOS. The van der Waals surface area contributed by atoms with E-state index in [0.717, 1.165) is 12.3 Å². The van der Waals surface area contributed by atoms with E-state index >= 15 is 0 Å². The Morgan fingerprint density at radius 3 is 2.40 bits per heavy atom. The summed E-state index contributed by atoms with van der Waals surface area (Å²) in [6.45, 7) is 0. The summed E-state index contributed by atoms with van der Waals surface area (Å²) >= 11 is 4.17. The van der Waals surface area contributed by atoms with Crippen molar-refractivity contribution in [3.05, 3.63) is 0 Å². The van der Waals surface area contributed by atoms with Crippen LogP contribution in [0.5, 0.6) is 0 Å². The van der Waals surface area contributed by atoms with Gasteiger partial charge in [0.25, 0.3) is 0 Å². The van der Waals surface area contributed by atoms with Gasteiger partial charge in [0.1, 0.15) is 0 Å². The van der Waals surface area contributed by atoms with E-state index in [1.807, 2.05) is 0 Å². The monoisotopic (exact) mass is 112 g/mol. The van der Waals surface area contributed by atoms with Gasteiger partial charge in [-0.25, -0.2) is 3.63 Å². The average molecular weight is 112 g/mol. The molecular formula is CH4O2S2. The van der Waals surface area contributed by atoms with Crippen LogP contribution in [0.4, 0.5) is 0 Å². The molecule has 0 fully saturated rings. The molecule has 0 radical (unpaired) electrons. The summed E-state index contributed by atoms with van der Waals surface area (Å²) in [7, 11) is 1.50. The third-order valence-electron chi connectivity index (χ3n) is 0.0985. The van der Waals surface area contributed by atoms with E-state index in [-0.39, 0.29) is 0 Å². The molecule has 0 aliphatic heterocycles. The van der Waals surface area contributed by atoms with Crippen molar-refractivity contribution in [2.24, 2.45) is 0 Å². The molecule has 0 saturated carbocycles. The first-order valence-corrected chi connectivity index (χ1v) is 1.96. The Morgan fingerprint density at radius 1 is 1.80 bits per heavy atom. The highest BCUT2D eigenvalue weighted by Gasteiger charge is 1.68. The minimum atomic E-state index is 0.827. The first-order chi connectivity index (χ1) is 2.41. The molecule has 32 valence electrons. The van der Waals surface area contributed by atoms with Crippen LogP contribution in [0.2, 0.25) is 0 Å². The molecule has 0 amide bonds. The molecule has 0 bridgehead atoms. The van der Waals surface area contributed by atoms with Gasteiger partial charge in [0, 0.05) is 0 Å². The van der Waals surface area contributed by atoms with Gasteiger partial charge in [-0.1, -0.05) is 0 Å². The molecule has 5 heavy (non-hydrogen) atoms. The highest BCUT2D eigenvalue weighted by atomic mass is 32.2. The van der Waals surface area contributed by atoms with E-state index in [1.165, 1.54) is 7.11 Å². The average Bonchev–Trinajstić information content (AvgIpc) is 1.41. The van der Waals surface area contributed by atoms with Crippen molar-refractivity contribution in [3.63, 3.8) is 0 Å². The van der Waals surface area contributed by atoms with Crippen LogP contribution in [0.25, 0.3) is 0 Å². The van der Waals surface area contributed by atoms with Gasteiger partial charge in [-0.3, -0.25) is 4.18 Å². The maximum Gasteiger partial charge on any atom is 0.170 e. The number of hydrogen-bond acceptors (Lipinski definition) is 4. The number of hydrogen-bond donors (Lipinski definition) is 1. The molecule has 0 aromatic rings. The lowest BCUT2D eigenvalue weighted by atomic mass is 11.8. The highest BCUT2D eigenvalue weighted by Crippen LogP contribution is 2.01. The number of rotatable bonds is 2. The molecule has 0 saturated heterocycles. The maximum absolute atomic E-state index is 4.31. The minimum Gasteiger partial charge on any atom is -0.294 e. The van der Waals surface area contributed by atoms with Crippen LogP contribution >= 0.6 is 25.2 Å². The third kappa shape index (κ3) is 4.62. The first-order valence-electron chi connectivity index (χ1n) is 0.924. The summed E-state index contributed by atoms with van der Waals surface area (Å²) in [4.78, 5) is 0. The lowest BCUT2D eigenvalue weighted by Crippen LogP contribution is -1.58. The van der Waals surface area contributed by atoms with E-state index in [4.69, 9.17) is 0 Å². The Hall–Kier alpha value is 0.620. The fourth-order valence-corrected chi connectivity index (χ4v) is 0.274. The highest BCUT2D eigenvalue weighted by molar-refractivity contribution is 7.98. The number of thiol groups is 1. The van der Waals surface area contributed by atoms with Crippen molar-refractivity contribution in [1.82, 2.24) is 0 Å². The van der Waals surface area contributed by atoms with Crippen LogP contribution in [0.15, 0.2) is 0 Å². The van der Waals surface area contributed by atoms with E-state index in [9.17, 15) is 0 Å². The molecule has 0 aromatic carbocycles. The van der Waals surface area contributed by atoms with E-state index in [1.54, 1.807) is 0 Å². The van der Waals surface area contributed by atoms with Crippen LogP contribution in [0.1, 0.15) is 0 Å². The van der Waals surface area contributed by atoms with Crippen molar-refractivity contribution < 1.29 is 7.81 Å². The lowest BCUT2D eigenvalue weighted by Gasteiger charge is -1.81. The van der Waals surface area contributed by atoms with Gasteiger partial charge in [0.2, 0.25) is 0 Å². The predicted molar refractivity (Wildman–Crippen MR) is 24.7 cm³/mol. The van der Waals surface area contributed by atoms with Crippen molar-refractivity contribution in [1.29, 1.82) is 0 Å². The summed E-state index contributed by atoms with van der Waals surface area (Å²) < 4.78 is 8.39. The van der Waals surface area contributed by atoms with E-state index < -0.39 is 0 Å². The van der Waals surface area contributed by atoms with Crippen molar-refractivity contribution in [2.45, 2.75) is 0 Å². The van der Waals surface area contributed by atoms with E-state index in [2.05, 4.69) is 20.7 Å². The molecule has 0 aromatic heterocycles. The maximum atomic E-state index is 4.31. The van der Waals surface area contributed by atoms with Gasteiger partial charge in [-0.15, -0.1) is 0 Å². The normalized spacial score (nSPS) is 8.40. The molecule has 2 nitrogen and oxygen atoms in total. The topological polar surface area (TPSA) is 18.5 Å². The van der Waals surface area contributed by atoms with Gasteiger partial charge in [0.15, 0.2) is 12.3 Å². The molecule has 0 rings (SSSR count). The zero-order valence-electron chi connectivity index (χ0n) is 2.67. The molecule has 0 heterocycles. The van der Waals surface area contributed by atoms with Gasteiger partial charge in [-0.05, 0) is 12.9 Å². The largest absolute Gasteiger partial charge is 0.294 e. The van der Waals surface area contributed by atoms with Gasteiger partial charge >= 0.3 is 0 Å². The quantitative estimate of drug-likeness (QED) is 0.425. The Morgan fingerprint density at radius 2 is 2.40 bits per heavy atom. The van der Waals surface area contributed by atoms with Crippen LogP contribution in [-0.2, 0) is 7.81 Å². The molecule has 0 unspecified atom stereocenters. The molecular weight excluding hydrogens is 108 g/mol. The standard InChI is InChI=1S/CH4O2S2/c1-2-5-3-4/h4H,1H3. The van der Waals surface area contributed by atoms with Crippen molar-refractivity contribution in [2.75, 3.05) is 7.11 Å². The van der Waals surface area contributed by atoms with Crippen LogP contribution in [-0.4, -0.2) is 7.11 Å². The zero-order valence-corrected chi connectivity index (χ0v) is 4.38. The Labute approximate surface area is 40.9 Å². The van der Waals surface area contributed by atoms with Gasteiger partial charge in [0.05, 0.1) is 7.11 Å². The Bertz CT molecular complexity index is 15.1. The summed E-state index contributed by atoms with van der Waals surface area (Å²) in [6.07, 6.45) is 0. The molecule has 0 atom stereocenters. The third-order valence-corrected chi connectivity index (χ3v) is 0.478.